The molecule has 2 amide bonds. The normalized spacial score (nSPS) is 10.2. The van der Waals surface area contributed by atoms with Gasteiger partial charge in [0.2, 0.25) is 5.88 Å². The van der Waals surface area contributed by atoms with E-state index in [0.717, 1.165) is 11.1 Å². The van der Waals surface area contributed by atoms with Gasteiger partial charge in [0.1, 0.15) is 12.3 Å². The van der Waals surface area contributed by atoms with E-state index in [4.69, 9.17) is 10.5 Å². The number of benzene rings is 1. The molecule has 0 saturated heterocycles. The minimum absolute atomic E-state index is 0.112. The largest absolute Gasteiger partial charge is 0.473 e. The summed E-state index contributed by atoms with van der Waals surface area (Å²) in [6.45, 7) is 0.724. The molecule has 2 heterocycles. The van der Waals surface area contributed by atoms with E-state index in [1.807, 2.05) is 30.3 Å². The van der Waals surface area contributed by atoms with E-state index in [1.165, 1.54) is 18.3 Å². The van der Waals surface area contributed by atoms with Crippen LogP contribution in [0.5, 0.6) is 5.88 Å². The molecule has 2 aromatic heterocycles. The summed E-state index contributed by atoms with van der Waals surface area (Å²) in [5.41, 5.74) is 7.48. The second kappa shape index (κ2) is 8.57. The maximum Gasteiger partial charge on any atom is 0.267 e. The Balaban J connectivity index is 1.56. The van der Waals surface area contributed by atoms with Crippen LogP contribution in [0, 0.1) is 0 Å². The van der Waals surface area contributed by atoms with Crippen LogP contribution < -0.4 is 15.8 Å². The van der Waals surface area contributed by atoms with Gasteiger partial charge in [0.15, 0.2) is 0 Å². The van der Waals surface area contributed by atoms with Crippen molar-refractivity contribution >= 4 is 11.8 Å². The number of carbonyl (C=O) groups is 2. The molecule has 7 heteroatoms. The van der Waals surface area contributed by atoms with Crippen molar-refractivity contribution in [1.82, 2.24) is 15.3 Å². The van der Waals surface area contributed by atoms with Crippen molar-refractivity contribution in [3.63, 3.8) is 0 Å². The van der Waals surface area contributed by atoms with Crippen LogP contribution in [0.1, 0.15) is 32.0 Å². The highest BCUT2D eigenvalue weighted by atomic mass is 16.5. The van der Waals surface area contributed by atoms with E-state index in [1.54, 1.807) is 18.3 Å². The summed E-state index contributed by atoms with van der Waals surface area (Å²) in [6, 6.07) is 16.3. The van der Waals surface area contributed by atoms with Crippen molar-refractivity contribution in [3.8, 4) is 5.88 Å². The molecule has 0 atom stereocenters. The van der Waals surface area contributed by atoms with Crippen molar-refractivity contribution in [2.75, 3.05) is 0 Å². The second-order valence-corrected chi connectivity index (χ2v) is 5.76. The molecule has 0 spiro atoms. The maximum absolute atomic E-state index is 12.2. The van der Waals surface area contributed by atoms with Gasteiger partial charge in [-0.1, -0.05) is 30.3 Å². The predicted molar refractivity (Wildman–Crippen MR) is 98.9 cm³/mol. The Labute approximate surface area is 156 Å². The third-order valence-corrected chi connectivity index (χ3v) is 3.76. The van der Waals surface area contributed by atoms with Gasteiger partial charge in [0.05, 0.1) is 5.56 Å². The van der Waals surface area contributed by atoms with Crippen molar-refractivity contribution in [3.05, 3.63) is 89.4 Å². The van der Waals surface area contributed by atoms with Crippen LogP contribution in [0.4, 0.5) is 0 Å². The number of amides is 2. The average Bonchev–Trinajstić information content (AvgIpc) is 2.71. The minimum atomic E-state index is -0.637. The Bertz CT molecular complexity index is 927. The van der Waals surface area contributed by atoms with E-state index in [0.29, 0.717) is 24.6 Å². The first-order chi connectivity index (χ1) is 13.1. The zero-order valence-electron chi connectivity index (χ0n) is 14.5. The van der Waals surface area contributed by atoms with Gasteiger partial charge >= 0.3 is 0 Å². The molecule has 7 nitrogen and oxygen atoms in total. The average molecular weight is 362 g/mol. The minimum Gasteiger partial charge on any atom is -0.473 e. The molecule has 3 N–H and O–H groups in total. The second-order valence-electron chi connectivity index (χ2n) is 5.76. The van der Waals surface area contributed by atoms with Crippen LogP contribution >= 0.6 is 0 Å². The molecule has 0 bridgehead atoms. The molecule has 136 valence electrons. The summed E-state index contributed by atoms with van der Waals surface area (Å²) in [5.74, 6) is -0.457. The lowest BCUT2D eigenvalue weighted by Crippen LogP contribution is -2.23. The number of nitrogens with two attached hydrogens (primary N) is 1. The van der Waals surface area contributed by atoms with Gasteiger partial charge in [-0.3, -0.25) is 14.6 Å². The number of rotatable bonds is 7. The van der Waals surface area contributed by atoms with Gasteiger partial charge in [0.25, 0.3) is 11.8 Å². The van der Waals surface area contributed by atoms with Crippen LogP contribution in [-0.2, 0) is 13.2 Å². The fourth-order valence-electron chi connectivity index (χ4n) is 2.33. The molecule has 0 aliphatic rings. The number of ether oxygens (including phenoxy) is 1. The molecule has 3 aromatic rings. The van der Waals surface area contributed by atoms with Crippen LogP contribution in [0.25, 0.3) is 0 Å². The van der Waals surface area contributed by atoms with E-state index in [-0.39, 0.29) is 11.6 Å². The van der Waals surface area contributed by atoms with E-state index < -0.39 is 5.91 Å². The molecular formula is C20H18N4O3. The first-order valence-corrected chi connectivity index (χ1v) is 8.27. The number of aromatic nitrogens is 2. The Morgan fingerprint density at radius 2 is 1.81 bits per heavy atom. The number of hydrogen-bond acceptors (Lipinski definition) is 5. The fourth-order valence-corrected chi connectivity index (χ4v) is 2.33. The lowest BCUT2D eigenvalue weighted by molar-refractivity contribution is 0.0947. The summed E-state index contributed by atoms with van der Waals surface area (Å²) in [6.07, 6.45) is 2.95. The molecule has 0 aliphatic heterocycles. The number of pyridine rings is 2. The number of primary amides is 1. The Morgan fingerprint density at radius 3 is 2.52 bits per heavy atom. The van der Waals surface area contributed by atoms with Gasteiger partial charge in [-0.15, -0.1) is 0 Å². The number of carbonyl (C=O) groups excluding carboxylic acids is 2. The summed E-state index contributed by atoms with van der Waals surface area (Å²) in [7, 11) is 0. The Morgan fingerprint density at radius 1 is 1.00 bits per heavy atom. The van der Waals surface area contributed by atoms with Crippen molar-refractivity contribution in [2.45, 2.75) is 13.2 Å². The number of nitrogens with zero attached hydrogens (tertiary/aromatic N) is 2. The topological polar surface area (TPSA) is 107 Å². The predicted octanol–water partition coefficient (Wildman–Crippen LogP) is 2.08. The molecular weight excluding hydrogens is 344 g/mol. The van der Waals surface area contributed by atoms with Crippen molar-refractivity contribution in [2.24, 2.45) is 5.73 Å². The third kappa shape index (κ3) is 5.12. The van der Waals surface area contributed by atoms with E-state index >= 15 is 0 Å². The Kier molecular flexibility index (Phi) is 5.73. The first-order valence-electron chi connectivity index (χ1n) is 8.27. The maximum atomic E-state index is 12.2. The van der Waals surface area contributed by atoms with Gasteiger partial charge < -0.3 is 15.8 Å². The monoisotopic (exact) mass is 362 g/mol. The summed E-state index contributed by atoms with van der Waals surface area (Å²) in [5, 5.41) is 2.79. The lowest BCUT2D eigenvalue weighted by Gasteiger charge is -2.08. The van der Waals surface area contributed by atoms with Crippen molar-refractivity contribution in [1.29, 1.82) is 0 Å². The highest BCUT2D eigenvalue weighted by molar-refractivity contribution is 5.95. The molecule has 1 aromatic carbocycles. The van der Waals surface area contributed by atoms with Gasteiger partial charge in [0, 0.05) is 25.0 Å². The molecule has 0 aliphatic carbocycles. The SMILES string of the molecule is NC(=O)c1ccc(C(=O)NCc2ccnc(OCc3ccccc3)c2)cn1. The van der Waals surface area contributed by atoms with E-state index in [2.05, 4.69) is 15.3 Å². The zero-order valence-corrected chi connectivity index (χ0v) is 14.5. The van der Waals surface area contributed by atoms with E-state index in [9.17, 15) is 9.59 Å². The fraction of sp³-hybridized carbons (Fsp3) is 0.100. The standard InChI is InChI=1S/C20H18N4O3/c21-19(25)17-7-6-16(12-23-17)20(26)24-11-15-8-9-22-18(10-15)27-13-14-4-2-1-3-5-14/h1-10,12H,11,13H2,(H2,21,25)(H,24,26). The van der Waals surface area contributed by atoms with Crippen LogP contribution in [0.15, 0.2) is 67.0 Å². The highest BCUT2D eigenvalue weighted by Crippen LogP contribution is 2.12. The number of hydrogen-bond donors (Lipinski definition) is 2. The first kappa shape index (κ1) is 18.1. The third-order valence-electron chi connectivity index (χ3n) is 3.76. The molecule has 3 rings (SSSR count). The Hall–Kier alpha value is -3.74. The molecule has 27 heavy (non-hydrogen) atoms. The van der Waals surface area contributed by atoms with Crippen LogP contribution in [0.3, 0.4) is 0 Å². The molecule has 0 saturated carbocycles. The van der Waals surface area contributed by atoms with Gasteiger partial charge in [-0.2, -0.15) is 0 Å². The van der Waals surface area contributed by atoms with Crippen LogP contribution in [-0.4, -0.2) is 21.8 Å². The zero-order chi connectivity index (χ0) is 19.1. The lowest BCUT2D eigenvalue weighted by atomic mass is 10.2. The summed E-state index contributed by atoms with van der Waals surface area (Å²) in [4.78, 5) is 31.2. The van der Waals surface area contributed by atoms with Crippen LogP contribution in [0.2, 0.25) is 0 Å². The molecule has 0 unspecified atom stereocenters. The molecule has 0 fully saturated rings. The van der Waals surface area contributed by atoms with Gasteiger partial charge in [-0.25, -0.2) is 4.98 Å². The van der Waals surface area contributed by atoms with Crippen molar-refractivity contribution < 1.29 is 14.3 Å². The van der Waals surface area contributed by atoms with Gasteiger partial charge in [-0.05, 0) is 29.3 Å². The summed E-state index contributed by atoms with van der Waals surface area (Å²) < 4.78 is 5.68. The molecule has 0 radical (unpaired) electrons. The smallest absolute Gasteiger partial charge is 0.267 e. The number of nitrogens with one attached hydrogen (secondary N) is 1. The quantitative estimate of drug-likeness (QED) is 0.669. The summed E-state index contributed by atoms with van der Waals surface area (Å²) >= 11 is 0. The highest BCUT2D eigenvalue weighted by Gasteiger charge is 2.08.